The molecule has 1 aromatic rings. The van der Waals surface area contributed by atoms with Crippen molar-refractivity contribution in [2.45, 2.75) is 50.8 Å². The van der Waals surface area contributed by atoms with E-state index in [1.165, 1.54) is 25.0 Å². The van der Waals surface area contributed by atoms with Crippen LogP contribution in [-0.2, 0) is 6.42 Å². The van der Waals surface area contributed by atoms with E-state index in [1.54, 1.807) is 0 Å². The summed E-state index contributed by atoms with van der Waals surface area (Å²) in [4.78, 5) is 8.81. The highest BCUT2D eigenvalue weighted by atomic mass is 32.2. The molecule has 19 heavy (non-hydrogen) atoms. The minimum Gasteiger partial charge on any atom is -0.367 e. The Kier molecular flexibility index (Phi) is 5.27. The van der Waals surface area contributed by atoms with E-state index in [4.69, 9.17) is 5.84 Å². The molecule has 2 rings (SSSR count). The molecule has 1 heterocycles. The molecule has 4 N–H and O–H groups in total. The van der Waals surface area contributed by atoms with Crippen molar-refractivity contribution >= 4 is 23.4 Å². The van der Waals surface area contributed by atoms with Gasteiger partial charge in [0.25, 0.3) is 0 Å². The van der Waals surface area contributed by atoms with Crippen LogP contribution in [0.3, 0.4) is 0 Å². The number of aromatic nitrogens is 2. The SMILES string of the molecule is CCSC1CCC(Nc2cc(NN)nc(CC)n2)C1. The molecule has 5 nitrogen and oxygen atoms in total. The molecule has 1 saturated carbocycles. The lowest BCUT2D eigenvalue weighted by Gasteiger charge is -2.15. The quantitative estimate of drug-likeness (QED) is 0.549. The van der Waals surface area contributed by atoms with E-state index < -0.39 is 0 Å². The highest BCUT2D eigenvalue weighted by Gasteiger charge is 2.24. The van der Waals surface area contributed by atoms with Crippen molar-refractivity contribution in [1.29, 1.82) is 0 Å². The Morgan fingerprint density at radius 1 is 1.32 bits per heavy atom. The number of nitrogens with one attached hydrogen (secondary N) is 2. The van der Waals surface area contributed by atoms with Crippen LogP contribution in [0.5, 0.6) is 0 Å². The number of nitrogens with zero attached hydrogens (tertiary/aromatic N) is 2. The molecule has 2 atom stereocenters. The van der Waals surface area contributed by atoms with Crippen LogP contribution in [0.1, 0.15) is 38.9 Å². The van der Waals surface area contributed by atoms with Crippen LogP contribution in [0.2, 0.25) is 0 Å². The summed E-state index contributed by atoms with van der Waals surface area (Å²) < 4.78 is 0. The van der Waals surface area contributed by atoms with Crippen LogP contribution < -0.4 is 16.6 Å². The van der Waals surface area contributed by atoms with Crippen LogP contribution in [0, 0.1) is 0 Å². The van der Waals surface area contributed by atoms with Crippen LogP contribution in [0.25, 0.3) is 0 Å². The maximum atomic E-state index is 5.44. The number of anilines is 2. The molecule has 0 bridgehead atoms. The van der Waals surface area contributed by atoms with Crippen LogP contribution >= 0.6 is 11.8 Å². The number of rotatable bonds is 6. The highest BCUT2D eigenvalue weighted by molar-refractivity contribution is 7.99. The van der Waals surface area contributed by atoms with Gasteiger partial charge >= 0.3 is 0 Å². The molecule has 1 aliphatic rings. The van der Waals surface area contributed by atoms with Gasteiger partial charge in [-0.05, 0) is 25.0 Å². The van der Waals surface area contributed by atoms with Crippen molar-refractivity contribution in [2.75, 3.05) is 16.5 Å². The molecule has 1 fully saturated rings. The molecule has 0 saturated heterocycles. The number of hydrazine groups is 1. The van der Waals surface area contributed by atoms with E-state index in [0.29, 0.717) is 11.9 Å². The van der Waals surface area contributed by atoms with Crippen molar-refractivity contribution in [2.24, 2.45) is 5.84 Å². The molecule has 6 heteroatoms. The summed E-state index contributed by atoms with van der Waals surface area (Å²) in [5.74, 6) is 9.01. The van der Waals surface area contributed by atoms with E-state index in [2.05, 4.69) is 39.4 Å². The first-order valence-electron chi connectivity index (χ1n) is 6.97. The van der Waals surface area contributed by atoms with Crippen LogP contribution in [-0.4, -0.2) is 27.0 Å². The monoisotopic (exact) mass is 281 g/mol. The van der Waals surface area contributed by atoms with Gasteiger partial charge in [-0.3, -0.25) is 0 Å². The van der Waals surface area contributed by atoms with Gasteiger partial charge in [-0.2, -0.15) is 11.8 Å². The molecular weight excluding hydrogens is 258 g/mol. The normalized spacial score (nSPS) is 22.5. The molecule has 0 aromatic carbocycles. The predicted molar refractivity (Wildman–Crippen MR) is 82.4 cm³/mol. The predicted octanol–water partition coefficient (Wildman–Crippen LogP) is 2.41. The van der Waals surface area contributed by atoms with Gasteiger partial charge in [0, 0.05) is 23.8 Å². The zero-order chi connectivity index (χ0) is 13.7. The van der Waals surface area contributed by atoms with Gasteiger partial charge < -0.3 is 10.7 Å². The minimum absolute atomic E-state index is 0.522. The second kappa shape index (κ2) is 6.96. The molecule has 0 amide bonds. The average Bonchev–Trinajstić information content (AvgIpc) is 2.86. The van der Waals surface area contributed by atoms with E-state index in [0.717, 1.165) is 23.3 Å². The third-order valence-electron chi connectivity index (χ3n) is 3.38. The Bertz CT molecular complexity index is 390. The van der Waals surface area contributed by atoms with Gasteiger partial charge in [0.2, 0.25) is 0 Å². The van der Waals surface area contributed by atoms with Gasteiger partial charge in [-0.15, -0.1) is 0 Å². The zero-order valence-corrected chi connectivity index (χ0v) is 12.5. The summed E-state index contributed by atoms with van der Waals surface area (Å²) in [7, 11) is 0. The largest absolute Gasteiger partial charge is 0.367 e. The molecule has 0 radical (unpaired) electrons. The molecule has 2 unspecified atom stereocenters. The fraction of sp³-hybridized carbons (Fsp3) is 0.692. The van der Waals surface area contributed by atoms with Gasteiger partial charge in [-0.25, -0.2) is 15.8 Å². The molecule has 1 aliphatic carbocycles. The van der Waals surface area contributed by atoms with Crippen LogP contribution in [0.15, 0.2) is 6.07 Å². The first kappa shape index (κ1) is 14.4. The summed E-state index contributed by atoms with van der Waals surface area (Å²) in [6, 6.07) is 2.40. The lowest BCUT2D eigenvalue weighted by Crippen LogP contribution is -2.18. The topological polar surface area (TPSA) is 75.9 Å². The number of nitrogens with two attached hydrogens (primary N) is 1. The van der Waals surface area contributed by atoms with Gasteiger partial charge in [-0.1, -0.05) is 13.8 Å². The number of hydrogen-bond acceptors (Lipinski definition) is 6. The second-order valence-corrected chi connectivity index (χ2v) is 6.36. The van der Waals surface area contributed by atoms with E-state index in [9.17, 15) is 0 Å². The summed E-state index contributed by atoms with van der Waals surface area (Å²) >= 11 is 2.06. The zero-order valence-electron chi connectivity index (χ0n) is 11.6. The smallest absolute Gasteiger partial charge is 0.145 e. The molecule has 0 spiro atoms. The van der Waals surface area contributed by atoms with E-state index in [1.807, 2.05) is 13.0 Å². The second-order valence-electron chi connectivity index (χ2n) is 4.78. The first-order valence-corrected chi connectivity index (χ1v) is 8.02. The maximum absolute atomic E-state index is 5.44. The summed E-state index contributed by atoms with van der Waals surface area (Å²) in [5, 5.41) is 4.31. The fourth-order valence-electron chi connectivity index (χ4n) is 2.47. The number of hydrogen-bond donors (Lipinski definition) is 3. The Balaban J connectivity index is 1.99. The fourth-order valence-corrected chi connectivity index (χ4v) is 3.61. The third-order valence-corrected chi connectivity index (χ3v) is 4.61. The van der Waals surface area contributed by atoms with Crippen molar-refractivity contribution in [3.8, 4) is 0 Å². The lowest BCUT2D eigenvalue weighted by atomic mass is 10.2. The summed E-state index contributed by atoms with van der Waals surface area (Å²) in [6.07, 6.45) is 4.54. The first-order chi connectivity index (χ1) is 9.25. The third kappa shape index (κ3) is 3.98. The molecular formula is C13H23N5S. The van der Waals surface area contributed by atoms with Crippen LogP contribution in [0.4, 0.5) is 11.6 Å². The Morgan fingerprint density at radius 3 is 2.79 bits per heavy atom. The van der Waals surface area contributed by atoms with E-state index in [-0.39, 0.29) is 0 Å². The number of aryl methyl sites for hydroxylation is 1. The minimum atomic E-state index is 0.522. The summed E-state index contributed by atoms with van der Waals surface area (Å²) in [6.45, 7) is 4.27. The van der Waals surface area contributed by atoms with Gasteiger partial charge in [0.15, 0.2) is 0 Å². The maximum Gasteiger partial charge on any atom is 0.145 e. The standard InChI is InChI=1S/C13H23N5S/c1-3-11-16-12(8-13(17-11)18-14)15-9-5-6-10(7-9)19-4-2/h8-10H,3-7,14H2,1-2H3,(H2,15,16,17,18). The van der Waals surface area contributed by atoms with Crippen molar-refractivity contribution in [3.63, 3.8) is 0 Å². The average molecular weight is 281 g/mol. The number of thioether (sulfide) groups is 1. The lowest BCUT2D eigenvalue weighted by molar-refractivity contribution is 0.748. The summed E-state index contributed by atoms with van der Waals surface area (Å²) in [5.41, 5.74) is 2.60. The van der Waals surface area contributed by atoms with E-state index >= 15 is 0 Å². The van der Waals surface area contributed by atoms with Gasteiger partial charge in [0.05, 0.1) is 0 Å². The molecule has 1 aromatic heterocycles. The highest BCUT2D eigenvalue weighted by Crippen LogP contribution is 2.31. The number of nitrogen functional groups attached to an aromatic ring is 1. The molecule has 106 valence electrons. The Morgan fingerprint density at radius 2 is 2.11 bits per heavy atom. The Labute approximate surface area is 119 Å². The molecule has 0 aliphatic heterocycles. The van der Waals surface area contributed by atoms with Crippen molar-refractivity contribution in [1.82, 2.24) is 9.97 Å². The Hall–Kier alpha value is -1.01. The van der Waals surface area contributed by atoms with Crippen molar-refractivity contribution < 1.29 is 0 Å². The van der Waals surface area contributed by atoms with Gasteiger partial charge in [0.1, 0.15) is 17.5 Å². The van der Waals surface area contributed by atoms with Crippen molar-refractivity contribution in [3.05, 3.63) is 11.9 Å².